The molecule has 0 heterocycles. The summed E-state index contributed by atoms with van der Waals surface area (Å²) in [4.78, 5) is 0. The number of alkyl halides is 2. The molecule has 0 bridgehead atoms. The smallest absolute Gasteiger partial charge is 0.387 e. The molecule has 2 N–H and O–H groups in total. The van der Waals surface area contributed by atoms with Crippen molar-refractivity contribution < 1.29 is 13.5 Å². The molecule has 1 atom stereocenters. The standard InChI is InChI=1S/C14H11Cl2F2NO/c15-9-3-6-11(12(16)7-9)13(19)8-1-4-10(5-2-8)20-14(17)18/h1-7,13-14H,19H2. The lowest BCUT2D eigenvalue weighted by molar-refractivity contribution is -0.0498. The summed E-state index contributed by atoms with van der Waals surface area (Å²) >= 11 is 11.9. The van der Waals surface area contributed by atoms with Crippen molar-refractivity contribution in [2.24, 2.45) is 5.73 Å². The maximum atomic E-state index is 12.1. The van der Waals surface area contributed by atoms with E-state index in [1.54, 1.807) is 30.3 Å². The molecule has 2 aromatic carbocycles. The molecule has 2 aromatic rings. The first kappa shape index (κ1) is 15.0. The maximum Gasteiger partial charge on any atom is 0.387 e. The fraction of sp³-hybridized carbons (Fsp3) is 0.143. The van der Waals surface area contributed by atoms with Crippen LogP contribution in [-0.4, -0.2) is 6.61 Å². The van der Waals surface area contributed by atoms with Gasteiger partial charge < -0.3 is 10.5 Å². The first-order valence-electron chi connectivity index (χ1n) is 5.72. The van der Waals surface area contributed by atoms with E-state index in [9.17, 15) is 8.78 Å². The van der Waals surface area contributed by atoms with Crippen LogP contribution >= 0.6 is 23.2 Å². The van der Waals surface area contributed by atoms with Crippen molar-refractivity contribution >= 4 is 23.2 Å². The van der Waals surface area contributed by atoms with Crippen molar-refractivity contribution in [2.75, 3.05) is 0 Å². The van der Waals surface area contributed by atoms with E-state index in [0.29, 0.717) is 15.6 Å². The van der Waals surface area contributed by atoms with Crippen LogP contribution in [0.3, 0.4) is 0 Å². The zero-order valence-corrected chi connectivity index (χ0v) is 11.7. The van der Waals surface area contributed by atoms with Gasteiger partial charge in [0.15, 0.2) is 0 Å². The summed E-state index contributed by atoms with van der Waals surface area (Å²) in [6, 6.07) is 10.7. The molecule has 2 nitrogen and oxygen atoms in total. The Morgan fingerprint density at radius 3 is 2.20 bits per heavy atom. The van der Waals surface area contributed by atoms with Crippen molar-refractivity contribution in [1.29, 1.82) is 0 Å². The zero-order valence-electron chi connectivity index (χ0n) is 10.2. The van der Waals surface area contributed by atoms with Gasteiger partial charge in [-0.15, -0.1) is 0 Å². The molecule has 0 saturated carbocycles. The average Bonchev–Trinajstić information content (AvgIpc) is 2.38. The molecule has 0 fully saturated rings. The molecule has 6 heteroatoms. The first-order chi connectivity index (χ1) is 9.47. The third-order valence-electron chi connectivity index (χ3n) is 2.76. The van der Waals surface area contributed by atoms with Crippen molar-refractivity contribution in [3.05, 3.63) is 63.6 Å². The fourth-order valence-corrected chi connectivity index (χ4v) is 2.32. The lowest BCUT2D eigenvalue weighted by Crippen LogP contribution is -2.12. The number of ether oxygens (including phenoxy) is 1. The second-order valence-electron chi connectivity index (χ2n) is 4.09. The Hall–Kier alpha value is -1.36. The van der Waals surface area contributed by atoms with Crippen LogP contribution in [0.25, 0.3) is 0 Å². The number of halogens is 4. The van der Waals surface area contributed by atoms with Gasteiger partial charge in [-0.1, -0.05) is 41.4 Å². The largest absolute Gasteiger partial charge is 0.435 e. The molecule has 0 aliphatic heterocycles. The summed E-state index contributed by atoms with van der Waals surface area (Å²) in [5.41, 5.74) is 7.54. The Morgan fingerprint density at radius 2 is 1.65 bits per heavy atom. The van der Waals surface area contributed by atoms with Gasteiger partial charge in [-0.25, -0.2) is 0 Å². The summed E-state index contributed by atoms with van der Waals surface area (Å²) < 4.78 is 28.4. The van der Waals surface area contributed by atoms with E-state index in [4.69, 9.17) is 28.9 Å². The summed E-state index contributed by atoms with van der Waals surface area (Å²) in [7, 11) is 0. The second kappa shape index (κ2) is 6.39. The van der Waals surface area contributed by atoms with Gasteiger partial charge in [0.05, 0.1) is 6.04 Å². The van der Waals surface area contributed by atoms with Crippen molar-refractivity contribution in [3.8, 4) is 5.75 Å². The molecule has 0 spiro atoms. The Bertz CT molecular complexity index is 590. The lowest BCUT2D eigenvalue weighted by atomic mass is 9.99. The van der Waals surface area contributed by atoms with E-state index >= 15 is 0 Å². The summed E-state index contributed by atoms with van der Waals surface area (Å²) in [6.45, 7) is -2.85. The molecule has 0 aliphatic rings. The molecule has 0 amide bonds. The van der Waals surface area contributed by atoms with E-state index in [-0.39, 0.29) is 5.75 Å². The summed E-state index contributed by atoms with van der Waals surface area (Å²) in [5.74, 6) is 0.0816. The minimum Gasteiger partial charge on any atom is -0.435 e. The second-order valence-corrected chi connectivity index (χ2v) is 4.93. The third kappa shape index (κ3) is 3.60. The van der Waals surface area contributed by atoms with Crippen LogP contribution in [0.15, 0.2) is 42.5 Å². The van der Waals surface area contributed by atoms with Crippen LogP contribution in [0.4, 0.5) is 8.78 Å². The van der Waals surface area contributed by atoms with Gasteiger partial charge in [0.1, 0.15) is 5.75 Å². The Kier molecular flexibility index (Phi) is 4.81. The maximum absolute atomic E-state index is 12.1. The molecule has 0 radical (unpaired) electrons. The highest BCUT2D eigenvalue weighted by atomic mass is 35.5. The highest BCUT2D eigenvalue weighted by Crippen LogP contribution is 2.29. The monoisotopic (exact) mass is 317 g/mol. The Labute approximate surface area is 125 Å². The predicted molar refractivity (Wildman–Crippen MR) is 75.6 cm³/mol. The molecule has 20 heavy (non-hydrogen) atoms. The Balaban J connectivity index is 2.22. The van der Waals surface area contributed by atoms with E-state index < -0.39 is 12.7 Å². The van der Waals surface area contributed by atoms with Crippen LogP contribution < -0.4 is 10.5 Å². The van der Waals surface area contributed by atoms with Crippen molar-refractivity contribution in [1.82, 2.24) is 0 Å². The minimum absolute atomic E-state index is 0.0816. The SMILES string of the molecule is NC(c1ccc(OC(F)F)cc1)c1ccc(Cl)cc1Cl. The van der Waals surface area contributed by atoms with Gasteiger partial charge in [-0.2, -0.15) is 8.78 Å². The van der Waals surface area contributed by atoms with Crippen LogP contribution in [0.1, 0.15) is 17.2 Å². The van der Waals surface area contributed by atoms with E-state index in [0.717, 1.165) is 5.56 Å². The van der Waals surface area contributed by atoms with E-state index in [1.807, 2.05) is 0 Å². The van der Waals surface area contributed by atoms with E-state index in [2.05, 4.69) is 4.74 Å². The van der Waals surface area contributed by atoms with Gasteiger partial charge in [0.25, 0.3) is 0 Å². The number of nitrogens with two attached hydrogens (primary N) is 1. The highest BCUT2D eigenvalue weighted by molar-refractivity contribution is 6.35. The number of benzene rings is 2. The quantitative estimate of drug-likeness (QED) is 0.891. The van der Waals surface area contributed by atoms with Gasteiger partial charge in [-0.05, 0) is 35.4 Å². The van der Waals surface area contributed by atoms with Crippen LogP contribution in [0.5, 0.6) is 5.75 Å². The summed E-state index contributed by atoms with van der Waals surface area (Å²) in [5, 5.41) is 0.976. The Morgan fingerprint density at radius 1 is 1.00 bits per heavy atom. The van der Waals surface area contributed by atoms with Gasteiger partial charge in [-0.3, -0.25) is 0 Å². The van der Waals surface area contributed by atoms with Gasteiger partial charge >= 0.3 is 6.61 Å². The molecule has 2 rings (SSSR count). The number of hydrogen-bond donors (Lipinski definition) is 1. The third-order valence-corrected chi connectivity index (χ3v) is 3.32. The molecule has 106 valence electrons. The molecule has 0 saturated heterocycles. The van der Waals surface area contributed by atoms with E-state index in [1.165, 1.54) is 12.1 Å². The molecule has 1 unspecified atom stereocenters. The number of rotatable bonds is 4. The van der Waals surface area contributed by atoms with Crippen molar-refractivity contribution in [3.63, 3.8) is 0 Å². The number of hydrogen-bond acceptors (Lipinski definition) is 2. The average molecular weight is 318 g/mol. The van der Waals surface area contributed by atoms with Crippen LogP contribution in [0, 0.1) is 0 Å². The van der Waals surface area contributed by atoms with Crippen molar-refractivity contribution in [2.45, 2.75) is 12.7 Å². The minimum atomic E-state index is -2.85. The molecular weight excluding hydrogens is 307 g/mol. The van der Waals surface area contributed by atoms with Gasteiger partial charge in [0.2, 0.25) is 0 Å². The molecular formula is C14H11Cl2F2NO. The molecule has 0 aromatic heterocycles. The van der Waals surface area contributed by atoms with Gasteiger partial charge in [0, 0.05) is 10.0 Å². The first-order valence-corrected chi connectivity index (χ1v) is 6.48. The molecule has 0 aliphatic carbocycles. The zero-order chi connectivity index (χ0) is 14.7. The normalized spacial score (nSPS) is 12.5. The lowest BCUT2D eigenvalue weighted by Gasteiger charge is -2.15. The van der Waals surface area contributed by atoms with Crippen LogP contribution in [-0.2, 0) is 0 Å². The predicted octanol–water partition coefficient (Wildman–Crippen LogP) is 4.64. The van der Waals surface area contributed by atoms with Crippen LogP contribution in [0.2, 0.25) is 10.0 Å². The summed E-state index contributed by atoms with van der Waals surface area (Å²) in [6.07, 6.45) is 0. The topological polar surface area (TPSA) is 35.2 Å². The fourth-order valence-electron chi connectivity index (χ4n) is 1.79. The highest BCUT2D eigenvalue weighted by Gasteiger charge is 2.13.